The fourth-order valence-corrected chi connectivity index (χ4v) is 2.49. The number of aromatic nitrogens is 4. The minimum Gasteiger partial charge on any atom is -0.493 e. The molecule has 150 valence electrons. The van der Waals surface area contributed by atoms with E-state index in [0.29, 0.717) is 11.5 Å². The van der Waals surface area contributed by atoms with Gasteiger partial charge in [0.15, 0.2) is 29.0 Å². The lowest BCUT2D eigenvalue weighted by atomic mass is 10.2. The molecule has 0 spiro atoms. The van der Waals surface area contributed by atoms with Crippen molar-refractivity contribution in [1.29, 1.82) is 0 Å². The second-order valence-corrected chi connectivity index (χ2v) is 5.77. The fourth-order valence-electron chi connectivity index (χ4n) is 2.49. The summed E-state index contributed by atoms with van der Waals surface area (Å²) in [5, 5.41) is 13.7. The van der Waals surface area contributed by atoms with Gasteiger partial charge in [-0.3, -0.25) is 4.79 Å². The first-order chi connectivity index (χ1) is 14.0. The van der Waals surface area contributed by atoms with Crippen LogP contribution in [0.15, 0.2) is 42.5 Å². The van der Waals surface area contributed by atoms with E-state index in [0.717, 1.165) is 17.7 Å². The van der Waals surface area contributed by atoms with Crippen LogP contribution in [0.1, 0.15) is 11.4 Å². The molecule has 1 N–H and O–H groups in total. The molecule has 0 atom stereocenters. The van der Waals surface area contributed by atoms with Crippen LogP contribution in [-0.2, 0) is 11.3 Å². The number of carbonyl (C=O) groups is 1. The van der Waals surface area contributed by atoms with Gasteiger partial charge >= 0.3 is 0 Å². The molecule has 3 aromatic rings. The van der Waals surface area contributed by atoms with Crippen LogP contribution in [0.3, 0.4) is 0 Å². The zero-order chi connectivity index (χ0) is 20.8. The monoisotopic (exact) mass is 401 g/mol. The fraction of sp³-hybridized carbons (Fsp3) is 0.158. The van der Waals surface area contributed by atoms with Gasteiger partial charge < -0.3 is 14.8 Å². The predicted octanol–water partition coefficient (Wildman–Crippen LogP) is 2.29. The van der Waals surface area contributed by atoms with E-state index in [-0.39, 0.29) is 24.0 Å². The number of benzene rings is 2. The molecular weight excluding hydrogens is 384 g/mol. The zero-order valence-electron chi connectivity index (χ0n) is 15.6. The quantitative estimate of drug-likeness (QED) is 0.611. The summed E-state index contributed by atoms with van der Waals surface area (Å²) in [4.78, 5) is 12.1. The number of hydrogen-bond acceptors (Lipinski definition) is 6. The van der Waals surface area contributed by atoms with Crippen LogP contribution < -0.4 is 14.8 Å². The first-order valence-electron chi connectivity index (χ1n) is 8.42. The molecule has 0 aliphatic rings. The van der Waals surface area contributed by atoms with Crippen molar-refractivity contribution in [3.05, 3.63) is 65.5 Å². The molecule has 0 bridgehead atoms. The standard InChI is InChI=1S/C19H17F2N5O3/c1-28-16-7-3-12(9-17(16)29-2)4-8-19(27)22-11-18-23-24-25-26(18)13-5-6-14(20)15(21)10-13/h3-10H,11H2,1-2H3,(H,22,27)/b8-4-. The molecule has 10 heteroatoms. The first-order valence-corrected chi connectivity index (χ1v) is 8.42. The van der Waals surface area contributed by atoms with E-state index in [9.17, 15) is 13.6 Å². The van der Waals surface area contributed by atoms with Gasteiger partial charge in [0.1, 0.15) is 0 Å². The van der Waals surface area contributed by atoms with Gasteiger partial charge in [0, 0.05) is 12.1 Å². The van der Waals surface area contributed by atoms with E-state index in [2.05, 4.69) is 20.8 Å². The molecule has 0 unspecified atom stereocenters. The molecule has 0 saturated heterocycles. The number of ether oxygens (including phenoxy) is 2. The summed E-state index contributed by atoms with van der Waals surface area (Å²) in [6.45, 7) is -0.0128. The lowest BCUT2D eigenvalue weighted by molar-refractivity contribution is -0.116. The van der Waals surface area contributed by atoms with Gasteiger partial charge in [-0.1, -0.05) is 6.07 Å². The number of nitrogens with one attached hydrogen (secondary N) is 1. The Labute approximate surface area is 164 Å². The number of methoxy groups -OCH3 is 2. The number of halogens is 2. The molecule has 2 aromatic carbocycles. The van der Waals surface area contributed by atoms with Crippen LogP contribution >= 0.6 is 0 Å². The number of nitrogens with zero attached hydrogens (tertiary/aromatic N) is 4. The Hall–Kier alpha value is -3.82. The van der Waals surface area contributed by atoms with Gasteiger partial charge in [0.2, 0.25) is 5.91 Å². The third-order valence-corrected chi connectivity index (χ3v) is 3.94. The van der Waals surface area contributed by atoms with Gasteiger partial charge in [0.25, 0.3) is 0 Å². The molecule has 0 radical (unpaired) electrons. The highest BCUT2D eigenvalue weighted by Gasteiger charge is 2.11. The Morgan fingerprint density at radius 1 is 1.10 bits per heavy atom. The average molecular weight is 401 g/mol. The van der Waals surface area contributed by atoms with Crippen molar-refractivity contribution >= 4 is 12.0 Å². The van der Waals surface area contributed by atoms with Crippen LogP contribution in [0, 0.1) is 11.6 Å². The van der Waals surface area contributed by atoms with Crippen LogP contribution in [0.2, 0.25) is 0 Å². The van der Waals surface area contributed by atoms with Crippen molar-refractivity contribution in [3.8, 4) is 17.2 Å². The van der Waals surface area contributed by atoms with E-state index in [1.54, 1.807) is 24.3 Å². The number of tetrazole rings is 1. The van der Waals surface area contributed by atoms with E-state index in [4.69, 9.17) is 9.47 Å². The van der Waals surface area contributed by atoms with Gasteiger partial charge in [-0.25, -0.2) is 8.78 Å². The second-order valence-electron chi connectivity index (χ2n) is 5.77. The third kappa shape index (κ3) is 4.72. The summed E-state index contributed by atoms with van der Waals surface area (Å²) in [6.07, 6.45) is 2.95. The van der Waals surface area contributed by atoms with Crippen molar-refractivity contribution in [2.75, 3.05) is 14.2 Å². The number of amides is 1. The molecule has 0 aliphatic heterocycles. The topological polar surface area (TPSA) is 91.2 Å². The Morgan fingerprint density at radius 2 is 1.90 bits per heavy atom. The molecular formula is C19H17F2N5O3. The molecule has 0 aliphatic carbocycles. The highest BCUT2D eigenvalue weighted by Crippen LogP contribution is 2.27. The summed E-state index contributed by atoms with van der Waals surface area (Å²) in [5.41, 5.74) is 0.975. The lowest BCUT2D eigenvalue weighted by Gasteiger charge is -2.07. The molecule has 29 heavy (non-hydrogen) atoms. The molecule has 1 heterocycles. The van der Waals surface area contributed by atoms with Crippen LogP contribution in [0.5, 0.6) is 11.5 Å². The lowest BCUT2D eigenvalue weighted by Crippen LogP contribution is -2.22. The maximum atomic E-state index is 13.4. The zero-order valence-corrected chi connectivity index (χ0v) is 15.6. The molecule has 8 nitrogen and oxygen atoms in total. The first kappa shape index (κ1) is 19.9. The molecule has 3 rings (SSSR count). The molecule has 0 fully saturated rings. The van der Waals surface area contributed by atoms with E-state index in [1.807, 2.05) is 0 Å². The minimum absolute atomic E-state index is 0.0128. The Balaban J connectivity index is 1.65. The van der Waals surface area contributed by atoms with Crippen molar-refractivity contribution < 1.29 is 23.0 Å². The maximum Gasteiger partial charge on any atom is 0.244 e. The van der Waals surface area contributed by atoms with Crippen LogP contribution in [0.4, 0.5) is 8.78 Å². The molecule has 1 amide bonds. The van der Waals surface area contributed by atoms with E-state index >= 15 is 0 Å². The highest BCUT2D eigenvalue weighted by atomic mass is 19.2. The maximum absolute atomic E-state index is 13.4. The van der Waals surface area contributed by atoms with Crippen molar-refractivity contribution in [2.24, 2.45) is 0 Å². The van der Waals surface area contributed by atoms with Crippen molar-refractivity contribution in [1.82, 2.24) is 25.5 Å². The van der Waals surface area contributed by atoms with Crippen LogP contribution in [-0.4, -0.2) is 40.3 Å². The van der Waals surface area contributed by atoms with Crippen LogP contribution in [0.25, 0.3) is 11.8 Å². The second kappa shape index (κ2) is 8.91. The van der Waals surface area contributed by atoms with E-state index in [1.165, 1.54) is 31.0 Å². The highest BCUT2D eigenvalue weighted by molar-refractivity contribution is 5.91. The van der Waals surface area contributed by atoms with E-state index < -0.39 is 11.6 Å². The summed E-state index contributed by atoms with van der Waals surface area (Å²) < 4.78 is 38.1. The van der Waals surface area contributed by atoms with Gasteiger partial charge in [0.05, 0.1) is 26.5 Å². The Morgan fingerprint density at radius 3 is 2.62 bits per heavy atom. The normalized spacial score (nSPS) is 10.9. The van der Waals surface area contributed by atoms with Gasteiger partial charge in [-0.15, -0.1) is 5.10 Å². The van der Waals surface area contributed by atoms with Gasteiger partial charge in [-0.05, 0) is 46.3 Å². The number of hydrogen-bond donors (Lipinski definition) is 1. The summed E-state index contributed by atoms with van der Waals surface area (Å²) in [5.74, 6) is -1.01. The third-order valence-electron chi connectivity index (χ3n) is 3.94. The summed E-state index contributed by atoms with van der Waals surface area (Å²) in [6, 6.07) is 8.50. The SMILES string of the molecule is COc1ccc(/C=C\C(=O)NCc2nnnn2-c2ccc(F)c(F)c2)cc1OC. The Kier molecular flexibility index (Phi) is 6.12. The minimum atomic E-state index is -1.02. The molecule has 1 aromatic heterocycles. The number of carbonyl (C=O) groups excluding carboxylic acids is 1. The Bertz CT molecular complexity index is 1050. The number of rotatable bonds is 7. The van der Waals surface area contributed by atoms with Crippen molar-refractivity contribution in [3.63, 3.8) is 0 Å². The average Bonchev–Trinajstić information content (AvgIpc) is 3.21. The summed E-state index contributed by atoms with van der Waals surface area (Å²) in [7, 11) is 3.06. The smallest absolute Gasteiger partial charge is 0.244 e. The predicted molar refractivity (Wildman–Crippen MR) is 99.5 cm³/mol. The largest absolute Gasteiger partial charge is 0.493 e. The van der Waals surface area contributed by atoms with Gasteiger partial charge in [-0.2, -0.15) is 4.68 Å². The molecule has 0 saturated carbocycles. The van der Waals surface area contributed by atoms with Crippen molar-refractivity contribution in [2.45, 2.75) is 6.54 Å². The summed E-state index contributed by atoms with van der Waals surface area (Å²) >= 11 is 0.